The molecule has 0 atom stereocenters. The molecule has 0 saturated carbocycles. The van der Waals surface area contributed by atoms with E-state index in [2.05, 4.69) is 15.0 Å². The van der Waals surface area contributed by atoms with E-state index in [9.17, 15) is 4.79 Å². The number of hydrogen-bond acceptors (Lipinski definition) is 5. The van der Waals surface area contributed by atoms with Gasteiger partial charge in [0.2, 0.25) is 5.91 Å². The molecular weight excluding hydrogens is 328 g/mol. The van der Waals surface area contributed by atoms with Crippen LogP contribution < -0.4 is 10.6 Å². The zero-order valence-electron chi connectivity index (χ0n) is 13.9. The van der Waals surface area contributed by atoms with E-state index in [0.717, 1.165) is 17.2 Å². The van der Waals surface area contributed by atoms with E-state index >= 15 is 0 Å². The Morgan fingerprint density at radius 2 is 1.96 bits per heavy atom. The van der Waals surface area contributed by atoms with E-state index in [-0.39, 0.29) is 12.5 Å². The minimum Gasteiger partial charge on any atom is -0.396 e. The van der Waals surface area contributed by atoms with Gasteiger partial charge in [-0.25, -0.2) is 4.98 Å². The highest BCUT2D eigenvalue weighted by Crippen LogP contribution is 2.24. The molecule has 24 heavy (non-hydrogen) atoms. The van der Waals surface area contributed by atoms with Crippen molar-refractivity contribution < 1.29 is 4.79 Å². The summed E-state index contributed by atoms with van der Waals surface area (Å²) in [4.78, 5) is 20.7. The molecule has 2 N–H and O–H groups in total. The van der Waals surface area contributed by atoms with Gasteiger partial charge in [-0.05, 0) is 26.0 Å². The number of nitrogens with zero attached hydrogens (tertiary/aromatic N) is 5. The van der Waals surface area contributed by atoms with Gasteiger partial charge in [-0.3, -0.25) is 9.48 Å². The van der Waals surface area contributed by atoms with E-state index < -0.39 is 0 Å². The molecule has 0 unspecified atom stereocenters. The van der Waals surface area contributed by atoms with Gasteiger partial charge in [-0.1, -0.05) is 11.6 Å². The van der Waals surface area contributed by atoms with Gasteiger partial charge in [0, 0.05) is 38.1 Å². The number of hydrogen-bond donors (Lipinski definition) is 1. The lowest BCUT2D eigenvalue weighted by Gasteiger charge is -2.35. The van der Waals surface area contributed by atoms with Crippen molar-refractivity contribution in [2.45, 2.75) is 20.4 Å². The first-order valence-corrected chi connectivity index (χ1v) is 8.26. The summed E-state index contributed by atoms with van der Waals surface area (Å²) in [5.41, 5.74) is 8.47. The van der Waals surface area contributed by atoms with Crippen molar-refractivity contribution >= 4 is 29.0 Å². The number of anilines is 2. The number of nitrogens with two attached hydrogens (primary N) is 1. The predicted octanol–water partition coefficient (Wildman–Crippen LogP) is 1.48. The molecule has 7 nitrogen and oxygen atoms in total. The number of carbonyl (C=O) groups excluding carboxylic acids is 1. The molecule has 0 aromatic carbocycles. The van der Waals surface area contributed by atoms with Crippen molar-refractivity contribution in [2.75, 3.05) is 36.8 Å². The monoisotopic (exact) mass is 348 g/mol. The minimum atomic E-state index is 0.0814. The Kier molecular flexibility index (Phi) is 4.62. The molecule has 0 bridgehead atoms. The van der Waals surface area contributed by atoms with Gasteiger partial charge in [0.1, 0.15) is 6.54 Å². The van der Waals surface area contributed by atoms with Crippen molar-refractivity contribution in [1.29, 1.82) is 0 Å². The third-order valence-corrected chi connectivity index (χ3v) is 4.39. The summed E-state index contributed by atoms with van der Waals surface area (Å²) < 4.78 is 1.75. The van der Waals surface area contributed by atoms with E-state index in [4.69, 9.17) is 17.3 Å². The van der Waals surface area contributed by atoms with Crippen molar-refractivity contribution in [3.05, 3.63) is 34.7 Å². The molecule has 0 aliphatic carbocycles. The number of aromatic nitrogens is 3. The van der Waals surface area contributed by atoms with E-state index in [0.29, 0.717) is 36.9 Å². The average molecular weight is 349 g/mol. The number of pyridine rings is 1. The maximum absolute atomic E-state index is 12.5. The van der Waals surface area contributed by atoms with Crippen LogP contribution in [0.15, 0.2) is 18.3 Å². The van der Waals surface area contributed by atoms with Crippen LogP contribution in [0.5, 0.6) is 0 Å². The molecule has 3 heterocycles. The zero-order valence-corrected chi connectivity index (χ0v) is 14.6. The van der Waals surface area contributed by atoms with Crippen molar-refractivity contribution in [3.63, 3.8) is 0 Å². The quantitative estimate of drug-likeness (QED) is 0.908. The molecule has 1 fully saturated rings. The van der Waals surface area contributed by atoms with Crippen molar-refractivity contribution in [1.82, 2.24) is 19.7 Å². The number of piperazine rings is 1. The van der Waals surface area contributed by atoms with Crippen LogP contribution in [-0.4, -0.2) is 51.8 Å². The number of nitrogen functional groups attached to an aromatic ring is 1. The first kappa shape index (κ1) is 16.6. The fourth-order valence-electron chi connectivity index (χ4n) is 2.94. The van der Waals surface area contributed by atoms with Crippen molar-refractivity contribution in [3.8, 4) is 0 Å². The molecule has 0 radical (unpaired) electrons. The average Bonchev–Trinajstić information content (AvgIpc) is 2.85. The highest BCUT2D eigenvalue weighted by molar-refractivity contribution is 6.30. The second kappa shape index (κ2) is 6.68. The van der Waals surface area contributed by atoms with Crippen LogP contribution in [0.3, 0.4) is 0 Å². The molecular formula is C16H21ClN6O. The van der Waals surface area contributed by atoms with Gasteiger partial charge < -0.3 is 15.5 Å². The Labute approximate surface area is 146 Å². The lowest BCUT2D eigenvalue weighted by molar-refractivity contribution is -0.132. The Morgan fingerprint density at radius 1 is 1.25 bits per heavy atom. The predicted molar refractivity (Wildman–Crippen MR) is 94.2 cm³/mol. The summed E-state index contributed by atoms with van der Waals surface area (Å²) in [5, 5.41) is 4.87. The normalized spacial score (nSPS) is 15.0. The van der Waals surface area contributed by atoms with Crippen LogP contribution in [0, 0.1) is 13.8 Å². The minimum absolute atomic E-state index is 0.0814. The van der Waals surface area contributed by atoms with Crippen LogP contribution >= 0.6 is 11.6 Å². The van der Waals surface area contributed by atoms with Gasteiger partial charge in [-0.15, -0.1) is 0 Å². The molecule has 3 rings (SSSR count). The molecule has 2 aromatic rings. The van der Waals surface area contributed by atoms with E-state index in [1.165, 1.54) is 0 Å². The smallest absolute Gasteiger partial charge is 0.244 e. The van der Waals surface area contributed by atoms with Gasteiger partial charge in [0.25, 0.3) is 0 Å². The molecule has 1 amide bonds. The fraction of sp³-hybridized carbons (Fsp3) is 0.438. The second-order valence-corrected chi connectivity index (χ2v) is 6.46. The maximum Gasteiger partial charge on any atom is 0.244 e. The van der Waals surface area contributed by atoms with E-state index in [1.54, 1.807) is 16.9 Å². The third kappa shape index (κ3) is 3.46. The second-order valence-electron chi connectivity index (χ2n) is 6.02. The molecule has 8 heteroatoms. The molecule has 0 spiro atoms. The van der Waals surface area contributed by atoms with Crippen LogP contribution in [-0.2, 0) is 11.3 Å². The first-order chi connectivity index (χ1) is 11.4. The Morgan fingerprint density at radius 3 is 2.54 bits per heavy atom. The number of rotatable bonds is 3. The van der Waals surface area contributed by atoms with Crippen LogP contribution in [0.4, 0.5) is 11.5 Å². The number of amides is 1. The van der Waals surface area contributed by atoms with Gasteiger partial charge in [-0.2, -0.15) is 5.10 Å². The summed E-state index contributed by atoms with van der Waals surface area (Å²) in [6, 6.07) is 3.67. The topological polar surface area (TPSA) is 80.3 Å². The summed E-state index contributed by atoms with van der Waals surface area (Å²) in [7, 11) is 0. The lowest BCUT2D eigenvalue weighted by atomic mass is 10.2. The molecule has 1 saturated heterocycles. The van der Waals surface area contributed by atoms with Crippen molar-refractivity contribution in [2.24, 2.45) is 0 Å². The summed E-state index contributed by atoms with van der Waals surface area (Å²) >= 11 is 5.89. The van der Waals surface area contributed by atoms with Crippen LogP contribution in [0.25, 0.3) is 0 Å². The van der Waals surface area contributed by atoms with E-state index in [1.807, 2.05) is 24.8 Å². The lowest BCUT2D eigenvalue weighted by Crippen LogP contribution is -2.50. The largest absolute Gasteiger partial charge is 0.396 e. The zero-order chi connectivity index (χ0) is 17.3. The molecule has 128 valence electrons. The van der Waals surface area contributed by atoms with Crippen LogP contribution in [0.2, 0.25) is 5.02 Å². The molecule has 1 aliphatic heterocycles. The standard InChI is InChI=1S/C16H21ClN6O/c1-11-7-12(2)23(20-11)10-15(24)21-3-5-22(6-4-21)16-14(18)8-13(17)9-19-16/h7-9H,3-6,10,18H2,1-2H3. The van der Waals surface area contributed by atoms with Gasteiger partial charge in [0.15, 0.2) is 5.82 Å². The number of aryl methyl sites for hydroxylation is 2. The molecule has 1 aliphatic rings. The van der Waals surface area contributed by atoms with Gasteiger partial charge >= 0.3 is 0 Å². The summed E-state index contributed by atoms with van der Waals surface area (Å²) in [5.74, 6) is 0.808. The number of carbonyl (C=O) groups is 1. The maximum atomic E-state index is 12.5. The third-order valence-electron chi connectivity index (χ3n) is 4.18. The first-order valence-electron chi connectivity index (χ1n) is 7.89. The van der Waals surface area contributed by atoms with Crippen LogP contribution in [0.1, 0.15) is 11.4 Å². The summed E-state index contributed by atoms with van der Waals surface area (Å²) in [6.45, 7) is 6.84. The SMILES string of the molecule is Cc1cc(C)n(CC(=O)N2CCN(c3ncc(Cl)cc3N)CC2)n1. The summed E-state index contributed by atoms with van der Waals surface area (Å²) in [6.07, 6.45) is 1.59. The van der Waals surface area contributed by atoms with Gasteiger partial charge in [0.05, 0.1) is 16.4 Å². The highest BCUT2D eigenvalue weighted by atomic mass is 35.5. The fourth-order valence-corrected chi connectivity index (χ4v) is 3.11. The Bertz CT molecular complexity index is 751. The Balaban J connectivity index is 1.60. The molecule has 2 aromatic heterocycles. The number of halogens is 1. The Hall–Kier alpha value is -2.28. The highest BCUT2D eigenvalue weighted by Gasteiger charge is 2.23.